The maximum Gasteiger partial charge on any atom is 0.0716 e. The Labute approximate surface area is 117 Å². The lowest BCUT2D eigenvalue weighted by Crippen LogP contribution is -2.33. The van der Waals surface area contributed by atoms with E-state index in [1.54, 1.807) is 0 Å². The first kappa shape index (κ1) is 14.5. The summed E-state index contributed by atoms with van der Waals surface area (Å²) >= 11 is 0. The number of ether oxygens (including phenoxy) is 1. The lowest BCUT2D eigenvalue weighted by molar-refractivity contribution is 0.117. The van der Waals surface area contributed by atoms with Gasteiger partial charge in [-0.25, -0.2) is 0 Å². The lowest BCUT2D eigenvalue weighted by Gasteiger charge is -2.27. The van der Waals surface area contributed by atoms with Gasteiger partial charge in [-0.2, -0.15) is 0 Å². The summed E-state index contributed by atoms with van der Waals surface area (Å²) in [5.74, 6) is 0.937. The molecular formula is C17H27NO. The van der Waals surface area contributed by atoms with E-state index in [0.717, 1.165) is 38.1 Å². The minimum atomic E-state index is 0.738. The number of hydrogen-bond acceptors (Lipinski definition) is 2. The molecule has 0 aromatic heterocycles. The molecule has 0 aliphatic heterocycles. The molecule has 1 fully saturated rings. The lowest BCUT2D eigenvalue weighted by atomic mass is 9.87. The summed E-state index contributed by atoms with van der Waals surface area (Å²) in [5, 5.41) is 3.66. The Morgan fingerprint density at radius 3 is 2.58 bits per heavy atom. The van der Waals surface area contributed by atoms with Crippen LogP contribution in [0.15, 0.2) is 30.3 Å². The van der Waals surface area contributed by atoms with Crippen LogP contribution in [0.25, 0.3) is 0 Å². The van der Waals surface area contributed by atoms with E-state index in [1.165, 1.54) is 31.2 Å². The second-order valence-electron chi connectivity index (χ2n) is 5.80. The van der Waals surface area contributed by atoms with Crippen LogP contribution in [-0.4, -0.2) is 19.2 Å². The Kier molecular flexibility index (Phi) is 6.38. The quantitative estimate of drug-likeness (QED) is 0.755. The molecule has 2 nitrogen and oxygen atoms in total. The van der Waals surface area contributed by atoms with Crippen LogP contribution in [-0.2, 0) is 11.3 Å². The van der Waals surface area contributed by atoms with Gasteiger partial charge in [0, 0.05) is 12.6 Å². The largest absolute Gasteiger partial charge is 0.377 e. The van der Waals surface area contributed by atoms with Gasteiger partial charge in [-0.05, 0) is 50.1 Å². The van der Waals surface area contributed by atoms with Gasteiger partial charge < -0.3 is 10.1 Å². The van der Waals surface area contributed by atoms with E-state index in [9.17, 15) is 0 Å². The Morgan fingerprint density at radius 2 is 1.84 bits per heavy atom. The van der Waals surface area contributed by atoms with E-state index in [0.29, 0.717) is 0 Å². The first-order valence-electron chi connectivity index (χ1n) is 7.69. The van der Waals surface area contributed by atoms with Crippen LogP contribution < -0.4 is 5.32 Å². The molecule has 0 spiro atoms. The monoisotopic (exact) mass is 261 g/mol. The van der Waals surface area contributed by atoms with E-state index >= 15 is 0 Å². The zero-order valence-electron chi connectivity index (χ0n) is 12.1. The molecule has 19 heavy (non-hydrogen) atoms. The van der Waals surface area contributed by atoms with Crippen LogP contribution >= 0.6 is 0 Å². The van der Waals surface area contributed by atoms with Crippen molar-refractivity contribution < 1.29 is 4.74 Å². The first-order valence-corrected chi connectivity index (χ1v) is 7.69. The van der Waals surface area contributed by atoms with Gasteiger partial charge in [0.15, 0.2) is 0 Å². The number of nitrogens with one attached hydrogen (secondary N) is 1. The summed E-state index contributed by atoms with van der Waals surface area (Å²) < 4.78 is 5.69. The zero-order valence-corrected chi connectivity index (χ0v) is 12.1. The van der Waals surface area contributed by atoms with Gasteiger partial charge in [-0.3, -0.25) is 0 Å². The standard InChI is InChI=1S/C17H27NO/c1-15-8-10-17(11-9-15)18-12-5-13-19-14-16-6-3-2-4-7-16/h2-4,6-7,15,17-18H,5,8-14H2,1H3. The van der Waals surface area contributed by atoms with Gasteiger partial charge in [0.1, 0.15) is 0 Å². The molecule has 1 aromatic rings. The van der Waals surface area contributed by atoms with E-state index in [1.807, 2.05) is 6.07 Å². The first-order chi connectivity index (χ1) is 9.34. The SMILES string of the molecule is CC1CCC(NCCCOCc2ccccc2)CC1. The van der Waals surface area contributed by atoms with Gasteiger partial charge in [0.2, 0.25) is 0 Å². The highest BCUT2D eigenvalue weighted by molar-refractivity contribution is 5.13. The molecule has 2 heteroatoms. The van der Waals surface area contributed by atoms with E-state index in [4.69, 9.17) is 4.74 Å². The van der Waals surface area contributed by atoms with Gasteiger partial charge >= 0.3 is 0 Å². The van der Waals surface area contributed by atoms with Crippen LogP contribution in [0.5, 0.6) is 0 Å². The van der Waals surface area contributed by atoms with E-state index in [-0.39, 0.29) is 0 Å². The minimum Gasteiger partial charge on any atom is -0.377 e. The highest BCUT2D eigenvalue weighted by atomic mass is 16.5. The van der Waals surface area contributed by atoms with Crippen molar-refractivity contribution in [2.45, 2.75) is 51.7 Å². The third kappa shape index (κ3) is 5.75. The van der Waals surface area contributed by atoms with Crippen molar-refractivity contribution in [2.24, 2.45) is 5.92 Å². The average Bonchev–Trinajstić information content (AvgIpc) is 2.46. The van der Waals surface area contributed by atoms with Crippen molar-refractivity contribution in [1.82, 2.24) is 5.32 Å². The molecule has 0 radical (unpaired) electrons. The molecule has 0 heterocycles. The molecule has 106 valence electrons. The van der Waals surface area contributed by atoms with Crippen LogP contribution in [0.3, 0.4) is 0 Å². The third-order valence-corrected chi connectivity index (χ3v) is 4.03. The molecule has 0 bridgehead atoms. The minimum absolute atomic E-state index is 0.738. The number of rotatable bonds is 7. The van der Waals surface area contributed by atoms with Gasteiger partial charge in [-0.15, -0.1) is 0 Å². The van der Waals surface area contributed by atoms with E-state index in [2.05, 4.69) is 36.5 Å². The van der Waals surface area contributed by atoms with Crippen LogP contribution in [0, 0.1) is 5.92 Å². The van der Waals surface area contributed by atoms with Crippen LogP contribution in [0.1, 0.15) is 44.6 Å². The summed E-state index contributed by atoms with van der Waals surface area (Å²) in [6.45, 7) is 5.05. The zero-order chi connectivity index (χ0) is 13.3. The van der Waals surface area contributed by atoms with Crippen LogP contribution in [0.4, 0.5) is 0 Å². The number of benzene rings is 1. The topological polar surface area (TPSA) is 21.3 Å². The fourth-order valence-electron chi connectivity index (χ4n) is 2.71. The summed E-state index contributed by atoms with van der Waals surface area (Å²) in [6, 6.07) is 11.1. The van der Waals surface area contributed by atoms with Crippen molar-refractivity contribution in [3.8, 4) is 0 Å². The second-order valence-corrected chi connectivity index (χ2v) is 5.80. The Morgan fingerprint density at radius 1 is 1.11 bits per heavy atom. The molecule has 1 aliphatic rings. The predicted octanol–water partition coefficient (Wildman–Crippen LogP) is 3.76. The summed E-state index contributed by atoms with van der Waals surface area (Å²) in [4.78, 5) is 0. The molecule has 0 atom stereocenters. The van der Waals surface area contributed by atoms with Crippen molar-refractivity contribution in [3.63, 3.8) is 0 Å². The highest BCUT2D eigenvalue weighted by Gasteiger charge is 2.16. The second kappa shape index (κ2) is 8.34. The van der Waals surface area contributed by atoms with Gasteiger partial charge in [0.25, 0.3) is 0 Å². The van der Waals surface area contributed by atoms with Crippen molar-refractivity contribution in [3.05, 3.63) is 35.9 Å². The van der Waals surface area contributed by atoms with Crippen LogP contribution in [0.2, 0.25) is 0 Å². The molecule has 1 saturated carbocycles. The predicted molar refractivity (Wildman–Crippen MR) is 80.1 cm³/mol. The molecule has 1 aromatic carbocycles. The fourth-order valence-corrected chi connectivity index (χ4v) is 2.71. The highest BCUT2D eigenvalue weighted by Crippen LogP contribution is 2.23. The summed E-state index contributed by atoms with van der Waals surface area (Å²) in [6.07, 6.45) is 6.60. The van der Waals surface area contributed by atoms with Gasteiger partial charge in [-0.1, -0.05) is 37.3 Å². The normalized spacial score (nSPS) is 23.4. The molecule has 2 rings (SSSR count). The number of hydrogen-bond donors (Lipinski definition) is 1. The Bertz CT molecular complexity index is 330. The molecular weight excluding hydrogens is 234 g/mol. The molecule has 0 amide bonds. The fraction of sp³-hybridized carbons (Fsp3) is 0.647. The van der Waals surface area contributed by atoms with Gasteiger partial charge in [0.05, 0.1) is 6.61 Å². The molecule has 0 saturated heterocycles. The van der Waals surface area contributed by atoms with Crippen molar-refractivity contribution >= 4 is 0 Å². The average molecular weight is 261 g/mol. The Hall–Kier alpha value is -0.860. The molecule has 1 N–H and O–H groups in total. The Balaban J connectivity index is 1.46. The van der Waals surface area contributed by atoms with E-state index < -0.39 is 0 Å². The smallest absolute Gasteiger partial charge is 0.0716 e. The summed E-state index contributed by atoms with van der Waals surface area (Å²) in [5.41, 5.74) is 1.26. The molecule has 1 aliphatic carbocycles. The van der Waals surface area contributed by atoms with Crippen molar-refractivity contribution in [2.75, 3.05) is 13.2 Å². The van der Waals surface area contributed by atoms with Crippen molar-refractivity contribution in [1.29, 1.82) is 0 Å². The maximum absolute atomic E-state index is 5.69. The summed E-state index contributed by atoms with van der Waals surface area (Å²) in [7, 11) is 0. The maximum atomic E-state index is 5.69. The molecule has 0 unspecified atom stereocenters. The third-order valence-electron chi connectivity index (χ3n) is 4.03.